The summed E-state index contributed by atoms with van der Waals surface area (Å²) in [4.78, 5) is 39.5. The standard InChI is InChI=1S/C21H24N4O6S/c1-5-31-18(26)10-24-20(27)14-9-23-16(11(14)2)8-13-19-12(3)17(32(29,30)22-4)7-6-15(19)25-21(13)28/h6-9,22-23H,5,10H2,1-4H3,(H,24,27)(H,25,28). The van der Waals surface area contributed by atoms with Gasteiger partial charge in [-0.15, -0.1) is 0 Å². The molecule has 10 nitrogen and oxygen atoms in total. The molecule has 11 heteroatoms. The highest BCUT2D eigenvalue weighted by molar-refractivity contribution is 7.89. The van der Waals surface area contributed by atoms with Crippen molar-refractivity contribution in [1.82, 2.24) is 15.0 Å². The van der Waals surface area contributed by atoms with Crippen molar-refractivity contribution in [3.8, 4) is 0 Å². The second kappa shape index (κ2) is 8.97. The highest BCUT2D eigenvalue weighted by Gasteiger charge is 2.30. The summed E-state index contributed by atoms with van der Waals surface area (Å²) in [5.74, 6) is -1.39. The molecule has 0 atom stereocenters. The molecular formula is C21H24N4O6S. The van der Waals surface area contributed by atoms with Gasteiger partial charge in [0.25, 0.3) is 11.8 Å². The lowest BCUT2D eigenvalue weighted by molar-refractivity contribution is -0.141. The molecule has 170 valence electrons. The third kappa shape index (κ3) is 4.30. The third-order valence-corrected chi connectivity index (χ3v) is 6.71. The molecule has 2 heterocycles. The molecule has 1 aromatic carbocycles. The van der Waals surface area contributed by atoms with Gasteiger partial charge in [-0.25, -0.2) is 13.1 Å². The molecule has 32 heavy (non-hydrogen) atoms. The van der Waals surface area contributed by atoms with Gasteiger partial charge in [-0.2, -0.15) is 0 Å². The average Bonchev–Trinajstić information content (AvgIpc) is 3.27. The molecule has 0 saturated heterocycles. The minimum atomic E-state index is -3.71. The Morgan fingerprint density at radius 1 is 1.19 bits per heavy atom. The number of hydrogen-bond donors (Lipinski definition) is 4. The number of nitrogens with one attached hydrogen (secondary N) is 4. The van der Waals surface area contributed by atoms with E-state index in [9.17, 15) is 22.8 Å². The number of carbonyl (C=O) groups is 3. The van der Waals surface area contributed by atoms with Gasteiger partial charge in [0.1, 0.15) is 6.54 Å². The Kier molecular flexibility index (Phi) is 6.51. The van der Waals surface area contributed by atoms with E-state index in [2.05, 4.69) is 20.3 Å². The predicted octanol–water partition coefficient (Wildman–Crippen LogP) is 1.33. The number of carbonyl (C=O) groups excluding carboxylic acids is 3. The second-order valence-electron chi connectivity index (χ2n) is 7.06. The van der Waals surface area contributed by atoms with Crippen LogP contribution in [0, 0.1) is 13.8 Å². The number of anilines is 1. The number of H-pyrrole nitrogens is 1. The maximum Gasteiger partial charge on any atom is 0.325 e. The molecule has 0 aliphatic carbocycles. The Balaban J connectivity index is 1.96. The van der Waals surface area contributed by atoms with Gasteiger partial charge in [-0.05, 0) is 57.2 Å². The molecule has 1 aromatic heterocycles. The summed E-state index contributed by atoms with van der Waals surface area (Å²) in [6.45, 7) is 4.96. The Morgan fingerprint density at radius 3 is 2.56 bits per heavy atom. The monoisotopic (exact) mass is 460 g/mol. The molecule has 3 rings (SSSR count). The number of aromatic nitrogens is 1. The van der Waals surface area contributed by atoms with Crippen molar-refractivity contribution < 1.29 is 27.5 Å². The number of sulfonamides is 1. The lowest BCUT2D eigenvalue weighted by atomic mass is 9.99. The zero-order valence-corrected chi connectivity index (χ0v) is 18.9. The summed E-state index contributed by atoms with van der Waals surface area (Å²) in [5.41, 5.74) is 3.07. The number of fused-ring (bicyclic) bond motifs is 1. The van der Waals surface area contributed by atoms with Gasteiger partial charge >= 0.3 is 5.97 Å². The second-order valence-corrected chi connectivity index (χ2v) is 8.91. The number of amides is 2. The summed E-state index contributed by atoms with van der Waals surface area (Å²) >= 11 is 0. The first-order valence-electron chi connectivity index (χ1n) is 9.83. The summed E-state index contributed by atoms with van der Waals surface area (Å²) in [5, 5.41) is 5.22. The molecule has 1 aliphatic heterocycles. The smallest absolute Gasteiger partial charge is 0.325 e. The van der Waals surface area contributed by atoms with Crippen LogP contribution in [0.3, 0.4) is 0 Å². The van der Waals surface area contributed by atoms with E-state index >= 15 is 0 Å². The van der Waals surface area contributed by atoms with Gasteiger partial charge in [0.15, 0.2) is 0 Å². The molecule has 0 radical (unpaired) electrons. The predicted molar refractivity (Wildman–Crippen MR) is 118 cm³/mol. The topological polar surface area (TPSA) is 146 Å². The highest BCUT2D eigenvalue weighted by Crippen LogP contribution is 2.38. The van der Waals surface area contributed by atoms with Crippen LogP contribution in [0.4, 0.5) is 5.69 Å². The quantitative estimate of drug-likeness (QED) is 0.362. The van der Waals surface area contributed by atoms with Crippen LogP contribution in [0.25, 0.3) is 11.6 Å². The molecule has 0 fully saturated rings. The average molecular weight is 461 g/mol. The fourth-order valence-electron chi connectivity index (χ4n) is 3.49. The van der Waals surface area contributed by atoms with E-state index in [0.29, 0.717) is 33.6 Å². The fourth-order valence-corrected chi connectivity index (χ4v) is 4.46. The van der Waals surface area contributed by atoms with E-state index in [-0.39, 0.29) is 29.5 Å². The van der Waals surface area contributed by atoms with E-state index in [0.717, 1.165) is 0 Å². The molecule has 1 aliphatic rings. The Labute approximate surface area is 185 Å². The van der Waals surface area contributed by atoms with Gasteiger partial charge in [-0.3, -0.25) is 14.4 Å². The zero-order valence-electron chi connectivity index (χ0n) is 18.1. The fraction of sp³-hybridized carbons (Fsp3) is 0.286. The lowest BCUT2D eigenvalue weighted by Crippen LogP contribution is -2.30. The molecule has 0 bridgehead atoms. The molecule has 2 amide bonds. The number of esters is 1. The van der Waals surface area contributed by atoms with E-state index in [1.54, 1.807) is 32.9 Å². The van der Waals surface area contributed by atoms with Gasteiger partial charge in [0, 0.05) is 23.1 Å². The van der Waals surface area contributed by atoms with Gasteiger partial charge < -0.3 is 20.4 Å². The maximum atomic E-state index is 12.6. The van der Waals surface area contributed by atoms with Crippen molar-refractivity contribution in [2.75, 3.05) is 25.5 Å². The third-order valence-electron chi connectivity index (χ3n) is 5.15. The lowest BCUT2D eigenvalue weighted by Gasteiger charge is -2.10. The van der Waals surface area contributed by atoms with Crippen LogP contribution in [0.1, 0.15) is 39.7 Å². The highest BCUT2D eigenvalue weighted by atomic mass is 32.2. The van der Waals surface area contributed by atoms with Gasteiger partial charge in [-0.1, -0.05) is 0 Å². The molecule has 0 spiro atoms. The van der Waals surface area contributed by atoms with Crippen LogP contribution in [0.5, 0.6) is 0 Å². The Bertz CT molecular complexity index is 1240. The first-order valence-corrected chi connectivity index (χ1v) is 11.3. The number of rotatable bonds is 7. The molecule has 2 aromatic rings. The van der Waals surface area contributed by atoms with Crippen LogP contribution in [-0.2, 0) is 24.3 Å². The van der Waals surface area contributed by atoms with Crippen molar-refractivity contribution in [2.24, 2.45) is 0 Å². The SMILES string of the molecule is CCOC(=O)CNC(=O)c1c[nH]c(C=C2C(=O)Nc3ccc(S(=O)(=O)NC)c(C)c32)c1C. The summed E-state index contributed by atoms with van der Waals surface area (Å²) in [6, 6.07) is 2.98. The van der Waals surface area contributed by atoms with Crippen LogP contribution in [0.15, 0.2) is 23.2 Å². The molecule has 0 unspecified atom stereocenters. The largest absolute Gasteiger partial charge is 0.465 e. The normalized spacial score (nSPS) is 14.2. The minimum Gasteiger partial charge on any atom is -0.465 e. The van der Waals surface area contributed by atoms with Crippen molar-refractivity contribution in [3.63, 3.8) is 0 Å². The van der Waals surface area contributed by atoms with E-state index in [1.807, 2.05) is 0 Å². The van der Waals surface area contributed by atoms with Crippen molar-refractivity contribution in [1.29, 1.82) is 0 Å². The first-order chi connectivity index (χ1) is 15.1. The van der Waals surface area contributed by atoms with E-state index < -0.39 is 21.9 Å². The maximum absolute atomic E-state index is 12.6. The molecular weight excluding hydrogens is 436 g/mol. The van der Waals surface area contributed by atoms with Crippen LogP contribution >= 0.6 is 0 Å². The van der Waals surface area contributed by atoms with Crippen molar-refractivity contribution >= 4 is 45.1 Å². The van der Waals surface area contributed by atoms with Crippen LogP contribution in [-0.4, -0.2) is 51.4 Å². The number of hydrogen-bond acceptors (Lipinski definition) is 6. The summed E-state index contributed by atoms with van der Waals surface area (Å²) < 4.78 is 31.7. The van der Waals surface area contributed by atoms with Gasteiger partial charge in [0.05, 0.1) is 22.6 Å². The van der Waals surface area contributed by atoms with Crippen LogP contribution < -0.4 is 15.4 Å². The Hall–Kier alpha value is -3.44. The zero-order chi connectivity index (χ0) is 23.6. The van der Waals surface area contributed by atoms with Crippen molar-refractivity contribution in [2.45, 2.75) is 25.7 Å². The van der Waals surface area contributed by atoms with Crippen LogP contribution in [0.2, 0.25) is 0 Å². The molecule has 4 N–H and O–H groups in total. The minimum absolute atomic E-state index is 0.0726. The van der Waals surface area contributed by atoms with E-state index in [1.165, 1.54) is 19.3 Å². The number of aromatic amines is 1. The Morgan fingerprint density at radius 2 is 1.91 bits per heavy atom. The van der Waals surface area contributed by atoms with Crippen molar-refractivity contribution in [3.05, 3.63) is 46.3 Å². The number of benzene rings is 1. The number of ether oxygens (including phenoxy) is 1. The summed E-state index contributed by atoms with van der Waals surface area (Å²) in [7, 11) is -2.39. The summed E-state index contributed by atoms with van der Waals surface area (Å²) in [6.07, 6.45) is 3.05. The van der Waals surface area contributed by atoms with E-state index in [4.69, 9.17) is 4.74 Å². The van der Waals surface area contributed by atoms with Gasteiger partial charge in [0.2, 0.25) is 10.0 Å². The molecule has 0 saturated carbocycles. The first kappa shape index (κ1) is 23.2.